The number of para-hydroxylation sites is 1. The van der Waals surface area contributed by atoms with Crippen LogP contribution in [0.2, 0.25) is 0 Å². The highest BCUT2D eigenvalue weighted by Gasteiger charge is 2.16. The van der Waals surface area contributed by atoms with Crippen molar-refractivity contribution in [2.45, 2.75) is 6.92 Å². The quantitative estimate of drug-likeness (QED) is 0.708. The van der Waals surface area contributed by atoms with Crippen molar-refractivity contribution in [3.63, 3.8) is 0 Å². The van der Waals surface area contributed by atoms with E-state index in [1.54, 1.807) is 24.3 Å². The fourth-order valence-corrected chi connectivity index (χ4v) is 2.27. The maximum atomic E-state index is 12.4. The molecule has 0 saturated heterocycles. The van der Waals surface area contributed by atoms with Gasteiger partial charge in [0.25, 0.3) is 0 Å². The molecule has 0 aliphatic rings. The van der Waals surface area contributed by atoms with Gasteiger partial charge in [-0.1, -0.05) is 40.2 Å². The molecule has 0 aliphatic heterocycles. The number of alkyl halides is 1. The standard InChI is InChI=1S/C18H19BrN2O4/c1-2-21(15-8-4-3-5-9-15)18(23)25-16-10-6-7-14(13-16)20-17(22)24-12-11-19/h3-10,13H,2,11-12H2,1H3,(H,20,22). The first-order valence-electron chi connectivity index (χ1n) is 7.78. The molecule has 0 unspecified atom stereocenters. The second kappa shape index (κ2) is 9.68. The maximum Gasteiger partial charge on any atom is 0.419 e. The third-order valence-electron chi connectivity index (χ3n) is 3.20. The Hall–Kier alpha value is -2.54. The van der Waals surface area contributed by atoms with Crippen LogP contribution in [-0.4, -0.2) is 30.7 Å². The largest absolute Gasteiger partial charge is 0.448 e. The first-order chi connectivity index (χ1) is 12.1. The average molecular weight is 407 g/mol. The van der Waals surface area contributed by atoms with Crippen molar-refractivity contribution in [3.8, 4) is 5.75 Å². The molecule has 2 rings (SSSR count). The third-order valence-corrected chi connectivity index (χ3v) is 3.52. The molecule has 0 fully saturated rings. The number of nitrogens with zero attached hydrogens (tertiary/aromatic N) is 1. The summed E-state index contributed by atoms with van der Waals surface area (Å²) in [6.45, 7) is 2.61. The van der Waals surface area contributed by atoms with Gasteiger partial charge in [-0.3, -0.25) is 10.2 Å². The van der Waals surface area contributed by atoms with E-state index in [9.17, 15) is 9.59 Å². The lowest BCUT2D eigenvalue weighted by atomic mass is 10.3. The van der Waals surface area contributed by atoms with E-state index in [2.05, 4.69) is 21.2 Å². The number of amides is 2. The van der Waals surface area contributed by atoms with Gasteiger partial charge in [-0.25, -0.2) is 9.59 Å². The molecule has 2 aromatic carbocycles. The molecular formula is C18H19BrN2O4. The van der Waals surface area contributed by atoms with E-state index in [0.29, 0.717) is 23.3 Å². The van der Waals surface area contributed by atoms with Gasteiger partial charge >= 0.3 is 12.2 Å². The van der Waals surface area contributed by atoms with Crippen LogP contribution in [0.5, 0.6) is 5.75 Å². The molecule has 2 amide bonds. The number of hydrogen-bond donors (Lipinski definition) is 1. The highest BCUT2D eigenvalue weighted by molar-refractivity contribution is 9.09. The summed E-state index contributed by atoms with van der Waals surface area (Å²) >= 11 is 3.17. The van der Waals surface area contributed by atoms with E-state index < -0.39 is 12.2 Å². The normalized spacial score (nSPS) is 10.0. The Morgan fingerprint density at radius 1 is 1.12 bits per heavy atom. The highest BCUT2D eigenvalue weighted by atomic mass is 79.9. The van der Waals surface area contributed by atoms with Crippen LogP contribution in [0.3, 0.4) is 0 Å². The summed E-state index contributed by atoms with van der Waals surface area (Å²) in [6, 6.07) is 15.8. The Bertz CT molecular complexity index is 709. The van der Waals surface area contributed by atoms with E-state index in [0.717, 1.165) is 5.69 Å². The van der Waals surface area contributed by atoms with E-state index >= 15 is 0 Å². The molecule has 1 N–H and O–H groups in total. The summed E-state index contributed by atoms with van der Waals surface area (Å²) in [6.07, 6.45) is -1.06. The third kappa shape index (κ3) is 5.79. The molecule has 6 nitrogen and oxygen atoms in total. The molecule has 132 valence electrons. The predicted octanol–water partition coefficient (Wildman–Crippen LogP) is 4.66. The second-order valence-corrected chi connectivity index (χ2v) is 5.72. The number of ether oxygens (including phenoxy) is 2. The molecule has 0 aliphatic carbocycles. The molecule has 0 radical (unpaired) electrons. The summed E-state index contributed by atoms with van der Waals surface area (Å²) < 4.78 is 10.3. The zero-order valence-corrected chi connectivity index (χ0v) is 15.4. The summed E-state index contributed by atoms with van der Waals surface area (Å²) in [5, 5.41) is 3.14. The van der Waals surface area contributed by atoms with Crippen molar-refractivity contribution in [1.82, 2.24) is 0 Å². The minimum Gasteiger partial charge on any atom is -0.448 e. The van der Waals surface area contributed by atoms with Gasteiger partial charge in [0.1, 0.15) is 12.4 Å². The van der Waals surface area contributed by atoms with Crippen LogP contribution >= 0.6 is 15.9 Å². The molecule has 0 spiro atoms. The van der Waals surface area contributed by atoms with E-state index in [1.165, 1.54) is 4.90 Å². The van der Waals surface area contributed by atoms with Gasteiger partial charge in [0, 0.05) is 29.3 Å². The Morgan fingerprint density at radius 3 is 2.56 bits per heavy atom. The van der Waals surface area contributed by atoms with Crippen LogP contribution in [0, 0.1) is 0 Å². The van der Waals surface area contributed by atoms with Crippen LogP contribution in [0.15, 0.2) is 54.6 Å². The lowest BCUT2D eigenvalue weighted by molar-refractivity contribution is 0.169. The van der Waals surface area contributed by atoms with E-state index in [-0.39, 0.29) is 6.61 Å². The second-order valence-electron chi connectivity index (χ2n) is 4.93. The van der Waals surface area contributed by atoms with E-state index in [4.69, 9.17) is 9.47 Å². The maximum absolute atomic E-state index is 12.4. The fourth-order valence-electron chi connectivity index (χ4n) is 2.10. The van der Waals surface area contributed by atoms with Crippen LogP contribution < -0.4 is 15.0 Å². The van der Waals surface area contributed by atoms with Gasteiger partial charge < -0.3 is 9.47 Å². The molecule has 7 heteroatoms. The van der Waals surface area contributed by atoms with Crippen LogP contribution in [0.25, 0.3) is 0 Å². The first-order valence-corrected chi connectivity index (χ1v) is 8.90. The van der Waals surface area contributed by atoms with Crippen molar-refractivity contribution in [3.05, 3.63) is 54.6 Å². The van der Waals surface area contributed by atoms with Gasteiger partial charge in [-0.2, -0.15) is 0 Å². The fraction of sp³-hybridized carbons (Fsp3) is 0.222. The molecular weight excluding hydrogens is 388 g/mol. The topological polar surface area (TPSA) is 67.9 Å². The number of benzene rings is 2. The van der Waals surface area contributed by atoms with Crippen molar-refractivity contribution in [1.29, 1.82) is 0 Å². The van der Waals surface area contributed by atoms with Crippen LogP contribution in [-0.2, 0) is 4.74 Å². The molecule has 0 bridgehead atoms. The van der Waals surface area contributed by atoms with Crippen molar-refractivity contribution in [2.75, 3.05) is 28.7 Å². The Labute approximate surface area is 154 Å². The minimum atomic E-state index is -0.567. The number of hydrogen-bond acceptors (Lipinski definition) is 4. The molecule has 2 aromatic rings. The minimum absolute atomic E-state index is 0.267. The zero-order valence-electron chi connectivity index (χ0n) is 13.8. The van der Waals surface area contributed by atoms with Crippen LogP contribution in [0.4, 0.5) is 21.0 Å². The Kier molecular flexibility index (Phi) is 7.28. The number of carbonyl (C=O) groups is 2. The molecule has 0 heterocycles. The average Bonchev–Trinajstić information content (AvgIpc) is 2.62. The summed E-state index contributed by atoms with van der Waals surface area (Å²) in [7, 11) is 0. The van der Waals surface area contributed by atoms with Gasteiger partial charge in [-0.05, 0) is 31.2 Å². The van der Waals surface area contributed by atoms with Gasteiger partial charge in [0.2, 0.25) is 0 Å². The van der Waals surface area contributed by atoms with Gasteiger partial charge in [0.15, 0.2) is 0 Å². The van der Waals surface area contributed by atoms with Crippen molar-refractivity contribution >= 4 is 39.5 Å². The Balaban J connectivity index is 2.03. The van der Waals surface area contributed by atoms with E-state index in [1.807, 2.05) is 37.3 Å². The lowest BCUT2D eigenvalue weighted by Gasteiger charge is -2.20. The van der Waals surface area contributed by atoms with Gasteiger partial charge in [0.05, 0.1) is 0 Å². The molecule has 0 saturated carbocycles. The summed E-state index contributed by atoms with van der Waals surface area (Å²) in [4.78, 5) is 25.5. The summed E-state index contributed by atoms with van der Waals surface area (Å²) in [5.74, 6) is 0.331. The number of carbonyl (C=O) groups excluding carboxylic acids is 2. The van der Waals surface area contributed by atoms with Crippen molar-refractivity contribution in [2.24, 2.45) is 0 Å². The first kappa shape index (κ1) is 18.8. The molecule has 25 heavy (non-hydrogen) atoms. The predicted molar refractivity (Wildman–Crippen MR) is 101 cm³/mol. The number of anilines is 2. The highest BCUT2D eigenvalue weighted by Crippen LogP contribution is 2.20. The van der Waals surface area contributed by atoms with Gasteiger partial charge in [-0.15, -0.1) is 0 Å². The van der Waals surface area contributed by atoms with Crippen LogP contribution in [0.1, 0.15) is 6.92 Å². The lowest BCUT2D eigenvalue weighted by Crippen LogP contribution is -2.33. The number of nitrogens with one attached hydrogen (secondary N) is 1. The number of rotatable bonds is 6. The number of halogens is 1. The SMILES string of the molecule is CCN(C(=O)Oc1cccc(NC(=O)OCCBr)c1)c1ccccc1. The Morgan fingerprint density at radius 2 is 1.88 bits per heavy atom. The zero-order chi connectivity index (χ0) is 18.1. The summed E-state index contributed by atoms with van der Waals surface area (Å²) in [5.41, 5.74) is 1.23. The molecule has 0 aromatic heterocycles. The smallest absolute Gasteiger partial charge is 0.419 e. The monoisotopic (exact) mass is 406 g/mol. The molecule has 0 atom stereocenters. The van der Waals surface area contributed by atoms with Crippen molar-refractivity contribution < 1.29 is 19.1 Å².